The van der Waals surface area contributed by atoms with Crippen molar-refractivity contribution in [2.45, 2.75) is 52.2 Å². The molecule has 1 saturated heterocycles. The standard InChI is InChI=1S/C14H22N2O2S/c1-5-11-8-18-10(4)6-16(11)14-15-13(9(2)3)12(7-17)19-14/h7,9-11H,5-6,8H2,1-4H3. The molecule has 2 unspecified atom stereocenters. The largest absolute Gasteiger partial charge is 0.375 e. The number of aromatic nitrogens is 1. The van der Waals surface area contributed by atoms with Crippen LogP contribution in [0.2, 0.25) is 0 Å². The Hall–Kier alpha value is -0.940. The van der Waals surface area contributed by atoms with Gasteiger partial charge in [0, 0.05) is 6.54 Å². The molecule has 0 aliphatic carbocycles. The molecule has 1 aromatic rings. The Morgan fingerprint density at radius 1 is 1.58 bits per heavy atom. The third-order valence-corrected chi connectivity index (χ3v) is 4.54. The molecule has 1 aliphatic rings. The molecule has 0 spiro atoms. The summed E-state index contributed by atoms with van der Waals surface area (Å²) < 4.78 is 5.71. The molecule has 2 atom stereocenters. The number of nitrogens with zero attached hydrogens (tertiary/aromatic N) is 2. The van der Waals surface area contributed by atoms with Gasteiger partial charge in [0.05, 0.1) is 29.3 Å². The van der Waals surface area contributed by atoms with Gasteiger partial charge >= 0.3 is 0 Å². The molecular weight excluding hydrogens is 260 g/mol. The van der Waals surface area contributed by atoms with Crippen LogP contribution in [0.25, 0.3) is 0 Å². The van der Waals surface area contributed by atoms with E-state index in [2.05, 4.69) is 32.6 Å². The highest BCUT2D eigenvalue weighted by Gasteiger charge is 2.29. The summed E-state index contributed by atoms with van der Waals surface area (Å²) >= 11 is 1.51. The van der Waals surface area contributed by atoms with E-state index in [1.165, 1.54) is 11.3 Å². The van der Waals surface area contributed by atoms with Gasteiger partial charge in [0.25, 0.3) is 0 Å². The minimum Gasteiger partial charge on any atom is -0.375 e. The molecule has 0 aromatic carbocycles. The van der Waals surface area contributed by atoms with Gasteiger partial charge in [-0.3, -0.25) is 4.79 Å². The van der Waals surface area contributed by atoms with E-state index < -0.39 is 0 Å². The number of aldehydes is 1. The Labute approximate surface area is 118 Å². The van der Waals surface area contributed by atoms with Crippen molar-refractivity contribution < 1.29 is 9.53 Å². The molecular formula is C14H22N2O2S. The van der Waals surface area contributed by atoms with Gasteiger partial charge in [-0.15, -0.1) is 0 Å². The molecule has 0 saturated carbocycles. The fraction of sp³-hybridized carbons (Fsp3) is 0.714. The number of carbonyl (C=O) groups excluding carboxylic acids is 1. The topological polar surface area (TPSA) is 42.4 Å². The molecule has 106 valence electrons. The van der Waals surface area contributed by atoms with Crippen LogP contribution in [0.15, 0.2) is 0 Å². The van der Waals surface area contributed by atoms with Gasteiger partial charge < -0.3 is 9.64 Å². The first-order chi connectivity index (χ1) is 9.06. The summed E-state index contributed by atoms with van der Waals surface area (Å²) in [5, 5.41) is 0.966. The zero-order valence-corrected chi connectivity index (χ0v) is 12.9. The summed E-state index contributed by atoms with van der Waals surface area (Å²) in [6.45, 7) is 9.98. The van der Waals surface area contributed by atoms with E-state index in [-0.39, 0.29) is 12.0 Å². The highest BCUT2D eigenvalue weighted by atomic mass is 32.1. The monoisotopic (exact) mass is 282 g/mol. The number of rotatable bonds is 4. The van der Waals surface area contributed by atoms with Crippen LogP contribution in [0.3, 0.4) is 0 Å². The van der Waals surface area contributed by atoms with E-state index in [0.29, 0.717) is 6.04 Å². The molecule has 0 amide bonds. The highest BCUT2D eigenvalue weighted by molar-refractivity contribution is 7.17. The predicted molar refractivity (Wildman–Crippen MR) is 78.4 cm³/mol. The zero-order chi connectivity index (χ0) is 14.0. The van der Waals surface area contributed by atoms with Crippen molar-refractivity contribution in [2.24, 2.45) is 0 Å². The summed E-state index contributed by atoms with van der Waals surface area (Å²) in [7, 11) is 0. The summed E-state index contributed by atoms with van der Waals surface area (Å²) in [6.07, 6.45) is 2.18. The van der Waals surface area contributed by atoms with Crippen molar-refractivity contribution in [1.82, 2.24) is 4.98 Å². The van der Waals surface area contributed by atoms with Gasteiger partial charge in [0.2, 0.25) is 0 Å². The van der Waals surface area contributed by atoms with Gasteiger partial charge in [-0.2, -0.15) is 0 Å². The number of ether oxygens (including phenoxy) is 1. The maximum atomic E-state index is 11.2. The van der Waals surface area contributed by atoms with Crippen molar-refractivity contribution in [2.75, 3.05) is 18.1 Å². The average molecular weight is 282 g/mol. The van der Waals surface area contributed by atoms with Gasteiger partial charge in [0.15, 0.2) is 11.4 Å². The van der Waals surface area contributed by atoms with Crippen LogP contribution in [0, 0.1) is 0 Å². The van der Waals surface area contributed by atoms with E-state index in [1.807, 2.05) is 0 Å². The van der Waals surface area contributed by atoms with Gasteiger partial charge in [-0.25, -0.2) is 4.98 Å². The van der Waals surface area contributed by atoms with E-state index in [1.54, 1.807) is 0 Å². The summed E-state index contributed by atoms with van der Waals surface area (Å²) in [6, 6.07) is 0.363. The van der Waals surface area contributed by atoms with E-state index in [4.69, 9.17) is 9.72 Å². The van der Waals surface area contributed by atoms with E-state index in [0.717, 1.165) is 41.6 Å². The van der Waals surface area contributed by atoms with Crippen molar-refractivity contribution in [3.8, 4) is 0 Å². The normalized spacial score (nSPS) is 23.9. The molecule has 5 heteroatoms. The Kier molecular flexibility index (Phi) is 4.58. The summed E-state index contributed by atoms with van der Waals surface area (Å²) in [4.78, 5) is 18.9. The second-order valence-electron chi connectivity index (χ2n) is 5.38. The van der Waals surface area contributed by atoms with Gasteiger partial charge in [-0.1, -0.05) is 32.1 Å². The Morgan fingerprint density at radius 3 is 2.84 bits per heavy atom. The lowest BCUT2D eigenvalue weighted by Crippen LogP contribution is -2.48. The smallest absolute Gasteiger partial charge is 0.186 e. The first-order valence-corrected chi connectivity index (χ1v) is 7.72. The van der Waals surface area contributed by atoms with Crippen molar-refractivity contribution in [3.63, 3.8) is 0 Å². The molecule has 0 bridgehead atoms. The van der Waals surface area contributed by atoms with E-state index >= 15 is 0 Å². The highest BCUT2D eigenvalue weighted by Crippen LogP contribution is 2.32. The van der Waals surface area contributed by atoms with Crippen molar-refractivity contribution in [3.05, 3.63) is 10.6 Å². The molecule has 0 radical (unpaired) electrons. The second-order valence-corrected chi connectivity index (χ2v) is 6.39. The average Bonchev–Trinajstić information content (AvgIpc) is 2.82. The van der Waals surface area contributed by atoms with Crippen LogP contribution in [0.5, 0.6) is 0 Å². The van der Waals surface area contributed by atoms with Crippen LogP contribution in [-0.2, 0) is 4.74 Å². The maximum Gasteiger partial charge on any atom is 0.186 e. The van der Waals surface area contributed by atoms with Gasteiger partial charge in [0.1, 0.15) is 0 Å². The molecule has 1 aliphatic heterocycles. The first-order valence-electron chi connectivity index (χ1n) is 6.90. The van der Waals surface area contributed by atoms with Crippen LogP contribution in [-0.4, -0.2) is 36.6 Å². The summed E-state index contributed by atoms with van der Waals surface area (Å²) in [5.41, 5.74) is 0.920. The number of hydrogen-bond donors (Lipinski definition) is 0. The fourth-order valence-electron chi connectivity index (χ4n) is 2.37. The first kappa shape index (κ1) is 14.5. The second kappa shape index (κ2) is 6.01. The van der Waals surface area contributed by atoms with Crippen LogP contribution >= 0.6 is 11.3 Å². The molecule has 2 heterocycles. The SMILES string of the molecule is CCC1COC(C)CN1c1nc(C(C)C)c(C=O)s1. The van der Waals surface area contributed by atoms with Gasteiger partial charge in [-0.05, 0) is 19.3 Å². The van der Waals surface area contributed by atoms with Crippen LogP contribution in [0.4, 0.5) is 5.13 Å². The van der Waals surface area contributed by atoms with Crippen molar-refractivity contribution >= 4 is 22.8 Å². The lowest BCUT2D eigenvalue weighted by Gasteiger charge is -2.38. The number of hydrogen-bond acceptors (Lipinski definition) is 5. The molecule has 0 N–H and O–H groups in total. The quantitative estimate of drug-likeness (QED) is 0.796. The van der Waals surface area contributed by atoms with E-state index in [9.17, 15) is 4.79 Å². The Balaban J connectivity index is 2.31. The number of morpholine rings is 1. The summed E-state index contributed by atoms with van der Waals surface area (Å²) in [5.74, 6) is 0.281. The molecule has 2 rings (SSSR count). The Bertz CT molecular complexity index is 445. The van der Waals surface area contributed by atoms with Crippen LogP contribution < -0.4 is 4.90 Å². The molecule has 4 nitrogen and oxygen atoms in total. The maximum absolute atomic E-state index is 11.2. The van der Waals surface area contributed by atoms with Crippen LogP contribution in [0.1, 0.15) is 55.4 Å². The third-order valence-electron chi connectivity index (χ3n) is 3.51. The van der Waals surface area contributed by atoms with Crippen molar-refractivity contribution in [1.29, 1.82) is 0 Å². The number of carbonyl (C=O) groups is 1. The minimum absolute atomic E-state index is 0.217. The number of anilines is 1. The lowest BCUT2D eigenvalue weighted by molar-refractivity contribution is 0.0299. The zero-order valence-electron chi connectivity index (χ0n) is 12.0. The molecule has 1 fully saturated rings. The molecule has 1 aromatic heterocycles. The minimum atomic E-state index is 0.217. The predicted octanol–water partition coefficient (Wildman–Crippen LogP) is 3.08. The number of thiazole rings is 1. The molecule has 19 heavy (non-hydrogen) atoms. The fourth-order valence-corrected chi connectivity index (χ4v) is 3.48. The Morgan fingerprint density at radius 2 is 2.32 bits per heavy atom. The third kappa shape index (κ3) is 2.98. The lowest BCUT2D eigenvalue weighted by atomic mass is 10.1.